The summed E-state index contributed by atoms with van der Waals surface area (Å²) in [4.78, 5) is 42.0. The highest BCUT2D eigenvalue weighted by Crippen LogP contribution is 2.66. The Kier molecular flexibility index (Phi) is 4.19. The van der Waals surface area contributed by atoms with Crippen molar-refractivity contribution in [3.8, 4) is 0 Å². The Morgan fingerprint density at radius 2 is 1.96 bits per heavy atom. The number of carbonyl (C=O) groups excluding carboxylic acids is 3. The van der Waals surface area contributed by atoms with Crippen molar-refractivity contribution in [3.63, 3.8) is 0 Å². The average Bonchev–Trinajstić information content (AvgIpc) is 2.97. The van der Waals surface area contributed by atoms with Crippen LogP contribution in [0.15, 0.2) is 12.2 Å². The average molecular weight is 372 g/mol. The van der Waals surface area contributed by atoms with E-state index in [0.717, 1.165) is 19.3 Å². The number of likely N-dealkylation sites (N-methyl/N-ethyl adjacent to an activating group) is 1. The molecule has 27 heavy (non-hydrogen) atoms. The highest BCUT2D eigenvalue weighted by atomic mass is 16.3. The van der Waals surface area contributed by atoms with E-state index >= 15 is 0 Å². The quantitative estimate of drug-likeness (QED) is 0.595. The van der Waals surface area contributed by atoms with E-state index in [4.69, 9.17) is 0 Å². The number of allylic oxidation sites excluding steroid dienone is 2. The normalized spacial score (nSPS) is 49.1. The molecule has 3 aliphatic carbocycles. The zero-order valence-electron chi connectivity index (χ0n) is 16.6. The summed E-state index contributed by atoms with van der Waals surface area (Å²) in [6.07, 6.45) is 9.34. The van der Waals surface area contributed by atoms with Crippen LogP contribution in [0.3, 0.4) is 0 Å². The van der Waals surface area contributed by atoms with Crippen LogP contribution < -0.4 is 0 Å². The number of likely N-dealkylation sites (tertiary alicyclic amines) is 1. The Hall–Kier alpha value is -1.49. The van der Waals surface area contributed by atoms with Gasteiger partial charge in [0.1, 0.15) is 6.04 Å². The third kappa shape index (κ3) is 2.01. The van der Waals surface area contributed by atoms with Crippen molar-refractivity contribution in [2.45, 2.75) is 46.1 Å². The number of nitrogens with zero attached hydrogens (tertiary/aromatic N) is 1. The van der Waals surface area contributed by atoms with Gasteiger partial charge in [-0.05, 0) is 48.9 Å². The molecule has 0 aromatic heterocycles. The van der Waals surface area contributed by atoms with Gasteiger partial charge in [-0.25, -0.2) is 0 Å². The van der Waals surface area contributed by atoms with Gasteiger partial charge in [0, 0.05) is 12.5 Å². The molecular weight excluding hydrogens is 342 g/mol. The molecule has 5 nitrogen and oxygen atoms in total. The van der Waals surface area contributed by atoms with E-state index in [2.05, 4.69) is 19.1 Å². The third-order valence-electron chi connectivity index (χ3n) is 8.27. The lowest BCUT2D eigenvalue weighted by atomic mass is 9.55. The van der Waals surface area contributed by atoms with Crippen LogP contribution in [-0.2, 0) is 14.4 Å². The fraction of sp³-hybridized carbons (Fsp3) is 0.727. The molecule has 3 fully saturated rings. The zero-order valence-corrected chi connectivity index (χ0v) is 16.6. The summed E-state index contributed by atoms with van der Waals surface area (Å²) in [5.74, 6) is -0.458. The summed E-state index contributed by atoms with van der Waals surface area (Å²) < 4.78 is 0. The summed E-state index contributed by atoms with van der Waals surface area (Å²) in [7, 11) is 1.53. The molecular formula is C22H30NO4. The van der Waals surface area contributed by atoms with Gasteiger partial charge in [-0.3, -0.25) is 14.4 Å². The molecule has 4 aliphatic rings. The predicted molar refractivity (Wildman–Crippen MR) is 100 cm³/mol. The minimum Gasteiger partial charge on any atom is -0.394 e. The lowest BCUT2D eigenvalue weighted by Gasteiger charge is -2.48. The monoisotopic (exact) mass is 372 g/mol. The van der Waals surface area contributed by atoms with Gasteiger partial charge < -0.3 is 10.0 Å². The maximum Gasteiger partial charge on any atom is 0.244 e. The van der Waals surface area contributed by atoms with Crippen LogP contribution in [0.25, 0.3) is 0 Å². The van der Waals surface area contributed by atoms with Gasteiger partial charge in [-0.1, -0.05) is 39.3 Å². The highest BCUT2D eigenvalue weighted by Gasteiger charge is 2.77. The van der Waals surface area contributed by atoms with Crippen molar-refractivity contribution in [2.24, 2.45) is 40.4 Å². The van der Waals surface area contributed by atoms with E-state index in [1.54, 1.807) is 0 Å². The number of fused-ring (bicyclic) bond motifs is 3. The number of hydrogen-bond donors (Lipinski definition) is 1. The van der Waals surface area contributed by atoms with Gasteiger partial charge in [0.15, 0.2) is 17.0 Å². The van der Waals surface area contributed by atoms with Crippen molar-refractivity contribution < 1.29 is 19.5 Å². The first-order chi connectivity index (χ1) is 12.8. The number of aliphatic hydroxyl groups excluding tert-OH is 1. The second kappa shape index (κ2) is 6.00. The van der Waals surface area contributed by atoms with E-state index < -0.39 is 41.1 Å². The van der Waals surface area contributed by atoms with E-state index in [1.165, 1.54) is 11.9 Å². The standard InChI is InChI=1S/C22H30NO4/c1-5-14-16-9-7-13-10-12(2)6-8-15(13)21(16,3)19(26)22(14)18(25)17(11-24)23(4)20(22)27/h5,7,9,12-17,24H,6,8,10-11H2,1-4H3/t12-,13-,14+,15-,16+,17+,21+,22+/m1/s1. The molecule has 0 bridgehead atoms. The van der Waals surface area contributed by atoms with Crippen LogP contribution in [-0.4, -0.2) is 47.2 Å². The molecule has 5 heteroatoms. The minimum absolute atomic E-state index is 0.136. The lowest BCUT2D eigenvalue weighted by molar-refractivity contribution is -0.151. The molecule has 1 amide bonds. The molecule has 1 aliphatic heterocycles. The van der Waals surface area contributed by atoms with Crippen LogP contribution in [0, 0.1) is 46.8 Å². The van der Waals surface area contributed by atoms with Gasteiger partial charge in [0.05, 0.1) is 6.61 Å². The largest absolute Gasteiger partial charge is 0.394 e. The van der Waals surface area contributed by atoms with Crippen molar-refractivity contribution in [3.05, 3.63) is 18.6 Å². The summed E-state index contributed by atoms with van der Waals surface area (Å²) in [6.45, 7) is 5.66. The molecule has 1 N–H and O–H groups in total. The maximum absolute atomic E-state index is 14.0. The number of carbonyl (C=O) groups is 3. The molecule has 1 heterocycles. The number of aliphatic hydroxyl groups is 1. The maximum atomic E-state index is 14.0. The second-order valence-corrected chi connectivity index (χ2v) is 9.36. The molecule has 0 unspecified atom stereocenters. The first-order valence-electron chi connectivity index (χ1n) is 10.2. The Bertz CT molecular complexity index is 730. The predicted octanol–water partition coefficient (Wildman–Crippen LogP) is 2.04. The summed E-state index contributed by atoms with van der Waals surface area (Å²) in [5.41, 5.74) is -2.36. The fourth-order valence-corrected chi connectivity index (χ4v) is 6.89. The molecule has 0 aromatic rings. The van der Waals surface area contributed by atoms with Crippen LogP contribution in [0.1, 0.15) is 40.0 Å². The van der Waals surface area contributed by atoms with Crippen LogP contribution >= 0.6 is 0 Å². The first-order valence-corrected chi connectivity index (χ1v) is 10.2. The highest BCUT2D eigenvalue weighted by molar-refractivity contribution is 6.31. The summed E-state index contributed by atoms with van der Waals surface area (Å²) in [5, 5.41) is 9.70. The lowest BCUT2D eigenvalue weighted by Crippen LogP contribution is -2.50. The Labute approximate surface area is 161 Å². The van der Waals surface area contributed by atoms with Gasteiger partial charge in [-0.2, -0.15) is 0 Å². The van der Waals surface area contributed by atoms with Crippen molar-refractivity contribution in [2.75, 3.05) is 13.7 Å². The van der Waals surface area contributed by atoms with E-state index in [9.17, 15) is 19.5 Å². The first kappa shape index (κ1) is 18.9. The molecule has 147 valence electrons. The van der Waals surface area contributed by atoms with Crippen molar-refractivity contribution in [1.82, 2.24) is 4.90 Å². The van der Waals surface area contributed by atoms with Crippen LogP contribution in [0.4, 0.5) is 0 Å². The number of hydrogen-bond acceptors (Lipinski definition) is 4. The van der Waals surface area contributed by atoms with Gasteiger partial charge in [0.25, 0.3) is 0 Å². The SMILES string of the molecule is C[CH][C@H]1[C@@H]2C=C[C@@H]3C[C@H](C)CC[C@H]3[C@]2(C)C(=O)[C@@]12C(=O)[C@H](CO)N(C)C2=O. The molecule has 1 saturated heterocycles. The number of rotatable bonds is 2. The molecule has 0 aromatic carbocycles. The molecule has 1 radical (unpaired) electrons. The molecule has 1 spiro atoms. The summed E-state index contributed by atoms with van der Waals surface area (Å²) >= 11 is 0. The molecule has 2 saturated carbocycles. The van der Waals surface area contributed by atoms with Gasteiger partial charge in [-0.15, -0.1) is 0 Å². The van der Waals surface area contributed by atoms with Crippen molar-refractivity contribution in [1.29, 1.82) is 0 Å². The molecule has 8 atom stereocenters. The van der Waals surface area contributed by atoms with Crippen LogP contribution in [0.5, 0.6) is 0 Å². The number of Topliss-reactive ketones (excluding diaryl/α,β-unsaturated/α-hetero) is 2. The minimum atomic E-state index is -1.65. The smallest absolute Gasteiger partial charge is 0.244 e. The zero-order chi connectivity index (χ0) is 19.7. The topological polar surface area (TPSA) is 74.7 Å². The Morgan fingerprint density at radius 1 is 1.26 bits per heavy atom. The number of ketones is 2. The van der Waals surface area contributed by atoms with Gasteiger partial charge in [0.2, 0.25) is 5.91 Å². The van der Waals surface area contributed by atoms with Gasteiger partial charge >= 0.3 is 0 Å². The second-order valence-electron chi connectivity index (χ2n) is 9.36. The van der Waals surface area contributed by atoms with Crippen molar-refractivity contribution >= 4 is 17.5 Å². The molecule has 4 rings (SSSR count). The van der Waals surface area contributed by atoms with E-state index in [-0.39, 0.29) is 17.6 Å². The fourth-order valence-electron chi connectivity index (χ4n) is 6.89. The summed E-state index contributed by atoms with van der Waals surface area (Å²) in [6, 6.07) is -0.918. The van der Waals surface area contributed by atoms with Crippen LogP contribution in [0.2, 0.25) is 0 Å². The van der Waals surface area contributed by atoms with E-state index in [0.29, 0.717) is 11.8 Å². The Morgan fingerprint density at radius 3 is 2.56 bits per heavy atom. The van der Waals surface area contributed by atoms with E-state index in [1.807, 2.05) is 20.3 Å². The third-order valence-corrected chi connectivity index (χ3v) is 8.27. The Balaban J connectivity index is 1.87. The number of amides is 1.